The van der Waals surface area contributed by atoms with Gasteiger partial charge in [-0.25, -0.2) is 0 Å². The van der Waals surface area contributed by atoms with Gasteiger partial charge in [-0.1, -0.05) is 62.7 Å². The fraction of sp³-hybridized carbons (Fsp3) is 0.423. The van der Waals surface area contributed by atoms with Crippen LogP contribution in [0.1, 0.15) is 56.9 Å². The Bertz CT molecular complexity index is 1060. The maximum Gasteiger partial charge on any atom is 0.222 e. The number of fused-ring (bicyclic) bond motifs is 3. The van der Waals surface area contributed by atoms with Crippen molar-refractivity contribution in [1.82, 2.24) is 9.47 Å². The van der Waals surface area contributed by atoms with Crippen molar-refractivity contribution < 1.29 is 4.79 Å². The second kappa shape index (κ2) is 8.47. The molecule has 4 heteroatoms. The van der Waals surface area contributed by atoms with Crippen LogP contribution in [0.25, 0.3) is 10.9 Å². The van der Waals surface area contributed by atoms with Gasteiger partial charge in [0.2, 0.25) is 5.91 Å². The van der Waals surface area contributed by atoms with E-state index >= 15 is 0 Å². The Hall–Kier alpha value is -2.26. The lowest BCUT2D eigenvalue weighted by atomic mass is 9.90. The average molecular weight is 423 g/mol. The summed E-state index contributed by atoms with van der Waals surface area (Å²) in [6.07, 6.45) is 3.59. The van der Waals surface area contributed by atoms with E-state index in [2.05, 4.69) is 60.6 Å². The third-order valence-corrected chi connectivity index (χ3v) is 6.30. The second-order valence-corrected chi connectivity index (χ2v) is 10.1. The summed E-state index contributed by atoms with van der Waals surface area (Å²) in [6, 6.07) is 16.7. The van der Waals surface area contributed by atoms with E-state index in [1.807, 2.05) is 18.2 Å². The highest BCUT2D eigenvalue weighted by Gasteiger charge is 2.26. The molecule has 4 rings (SSSR count). The van der Waals surface area contributed by atoms with Crippen molar-refractivity contribution in [2.24, 2.45) is 5.41 Å². The van der Waals surface area contributed by atoms with Crippen LogP contribution < -0.4 is 0 Å². The smallest absolute Gasteiger partial charge is 0.222 e. The van der Waals surface area contributed by atoms with Crippen molar-refractivity contribution in [2.45, 2.75) is 59.5 Å². The Morgan fingerprint density at radius 1 is 1.10 bits per heavy atom. The van der Waals surface area contributed by atoms with Gasteiger partial charge in [-0.15, -0.1) is 0 Å². The number of halogens is 1. The van der Waals surface area contributed by atoms with Crippen molar-refractivity contribution >= 4 is 28.4 Å². The molecule has 3 aromatic rings. The Morgan fingerprint density at radius 2 is 1.90 bits per heavy atom. The third kappa shape index (κ3) is 4.57. The summed E-state index contributed by atoms with van der Waals surface area (Å²) < 4.78 is 2.38. The first-order chi connectivity index (χ1) is 14.3. The average Bonchev–Trinajstić information content (AvgIpc) is 3.00. The molecule has 1 aromatic heterocycles. The quantitative estimate of drug-likeness (QED) is 0.464. The molecule has 1 amide bonds. The van der Waals surface area contributed by atoms with E-state index in [0.717, 1.165) is 37.4 Å². The molecule has 0 saturated carbocycles. The van der Waals surface area contributed by atoms with Gasteiger partial charge in [-0.2, -0.15) is 0 Å². The van der Waals surface area contributed by atoms with E-state index in [9.17, 15) is 4.79 Å². The van der Waals surface area contributed by atoms with Gasteiger partial charge < -0.3 is 9.47 Å². The zero-order valence-corrected chi connectivity index (χ0v) is 19.0. The Morgan fingerprint density at radius 3 is 2.67 bits per heavy atom. The number of para-hydroxylation sites is 1. The maximum atomic E-state index is 12.9. The molecule has 1 aliphatic rings. The van der Waals surface area contributed by atoms with Crippen LogP contribution in [0.3, 0.4) is 0 Å². The van der Waals surface area contributed by atoms with Crippen LogP contribution in [0.4, 0.5) is 0 Å². The first kappa shape index (κ1) is 21.0. The van der Waals surface area contributed by atoms with Crippen molar-refractivity contribution in [3.63, 3.8) is 0 Å². The van der Waals surface area contributed by atoms with Gasteiger partial charge in [0.15, 0.2) is 0 Å². The number of nitrogens with zero attached hydrogens (tertiary/aromatic N) is 2. The molecule has 30 heavy (non-hydrogen) atoms. The summed E-state index contributed by atoms with van der Waals surface area (Å²) in [6.45, 7) is 8.98. The normalized spacial score (nSPS) is 14.2. The van der Waals surface area contributed by atoms with Gasteiger partial charge in [0.05, 0.1) is 6.54 Å². The standard InChI is InChI=1S/C26H31ClN2O/c1-26(2,3)14-7-12-25(30)28-15-13-22-21-10-4-5-11-23(21)29(24(22)18-28)17-19-8-6-9-20(27)16-19/h4-6,8-11,16H,7,12-15,17-18H2,1-3H3. The first-order valence-corrected chi connectivity index (χ1v) is 11.3. The highest BCUT2D eigenvalue weighted by molar-refractivity contribution is 6.30. The van der Waals surface area contributed by atoms with E-state index in [1.54, 1.807) is 0 Å². The zero-order valence-electron chi connectivity index (χ0n) is 18.2. The molecule has 0 radical (unpaired) electrons. The molecule has 2 aromatic carbocycles. The number of benzene rings is 2. The lowest BCUT2D eigenvalue weighted by Crippen LogP contribution is -2.36. The highest BCUT2D eigenvalue weighted by atomic mass is 35.5. The molecular weight excluding hydrogens is 392 g/mol. The number of aromatic nitrogens is 1. The number of amides is 1. The zero-order chi connectivity index (χ0) is 21.3. The summed E-state index contributed by atoms with van der Waals surface area (Å²) >= 11 is 6.23. The minimum atomic E-state index is 0.277. The van der Waals surface area contributed by atoms with E-state index in [1.165, 1.54) is 27.7 Å². The summed E-state index contributed by atoms with van der Waals surface area (Å²) in [7, 11) is 0. The number of hydrogen-bond donors (Lipinski definition) is 0. The van der Waals surface area contributed by atoms with Crippen LogP contribution in [0.5, 0.6) is 0 Å². The van der Waals surface area contributed by atoms with Crippen molar-refractivity contribution in [2.75, 3.05) is 6.54 Å². The van der Waals surface area contributed by atoms with Gasteiger partial charge in [0.1, 0.15) is 0 Å². The fourth-order valence-electron chi connectivity index (χ4n) is 4.53. The predicted octanol–water partition coefficient (Wildman–Crippen LogP) is 6.44. The number of carbonyl (C=O) groups is 1. The van der Waals surface area contributed by atoms with Crippen LogP contribution in [0, 0.1) is 5.41 Å². The molecule has 3 nitrogen and oxygen atoms in total. The van der Waals surface area contributed by atoms with Gasteiger partial charge in [-0.3, -0.25) is 4.79 Å². The minimum Gasteiger partial charge on any atom is -0.338 e. The summed E-state index contributed by atoms with van der Waals surface area (Å²) in [5.74, 6) is 0.282. The molecule has 0 aliphatic carbocycles. The SMILES string of the molecule is CC(C)(C)CCCC(=O)N1CCc2c(n(Cc3cccc(Cl)c3)c3ccccc23)C1. The van der Waals surface area contributed by atoms with E-state index in [-0.39, 0.29) is 11.3 Å². The summed E-state index contributed by atoms with van der Waals surface area (Å²) in [5.41, 5.74) is 5.36. The lowest BCUT2D eigenvalue weighted by Gasteiger charge is -2.29. The molecular formula is C26H31ClN2O. The van der Waals surface area contributed by atoms with Gasteiger partial charge >= 0.3 is 0 Å². The Labute approximate surface area is 184 Å². The minimum absolute atomic E-state index is 0.277. The summed E-state index contributed by atoms with van der Waals surface area (Å²) in [4.78, 5) is 15.0. The van der Waals surface area contributed by atoms with Crippen LogP contribution in [0.2, 0.25) is 5.02 Å². The van der Waals surface area contributed by atoms with Crippen molar-refractivity contribution in [1.29, 1.82) is 0 Å². The molecule has 0 saturated heterocycles. The second-order valence-electron chi connectivity index (χ2n) is 9.64. The fourth-order valence-corrected chi connectivity index (χ4v) is 4.75. The van der Waals surface area contributed by atoms with E-state index in [0.29, 0.717) is 13.0 Å². The van der Waals surface area contributed by atoms with Crippen LogP contribution in [-0.4, -0.2) is 21.9 Å². The predicted molar refractivity (Wildman–Crippen MR) is 125 cm³/mol. The molecule has 0 fully saturated rings. The molecule has 1 aliphatic heterocycles. The molecule has 158 valence electrons. The monoisotopic (exact) mass is 422 g/mol. The number of carbonyl (C=O) groups excluding carboxylic acids is 1. The van der Waals surface area contributed by atoms with Crippen LogP contribution >= 0.6 is 11.6 Å². The van der Waals surface area contributed by atoms with Gasteiger partial charge in [0, 0.05) is 41.1 Å². The van der Waals surface area contributed by atoms with Gasteiger partial charge in [-0.05, 0) is 54.0 Å². The molecule has 0 unspecified atom stereocenters. The topological polar surface area (TPSA) is 25.2 Å². The largest absolute Gasteiger partial charge is 0.338 e. The van der Waals surface area contributed by atoms with Crippen molar-refractivity contribution in [3.05, 3.63) is 70.4 Å². The highest BCUT2D eigenvalue weighted by Crippen LogP contribution is 2.32. The first-order valence-electron chi connectivity index (χ1n) is 10.9. The van der Waals surface area contributed by atoms with E-state index in [4.69, 9.17) is 11.6 Å². The maximum absolute atomic E-state index is 12.9. The molecule has 0 N–H and O–H groups in total. The van der Waals surface area contributed by atoms with Crippen LogP contribution in [0.15, 0.2) is 48.5 Å². The summed E-state index contributed by atoms with van der Waals surface area (Å²) in [5, 5.41) is 2.07. The molecule has 0 atom stereocenters. The molecule has 0 bridgehead atoms. The number of rotatable bonds is 5. The Kier molecular flexibility index (Phi) is 5.92. The lowest BCUT2D eigenvalue weighted by molar-refractivity contribution is -0.132. The molecule has 0 spiro atoms. The van der Waals surface area contributed by atoms with Crippen LogP contribution in [-0.2, 0) is 24.3 Å². The van der Waals surface area contributed by atoms with Crippen molar-refractivity contribution in [3.8, 4) is 0 Å². The third-order valence-electron chi connectivity index (χ3n) is 6.07. The number of hydrogen-bond acceptors (Lipinski definition) is 1. The van der Waals surface area contributed by atoms with Gasteiger partial charge in [0.25, 0.3) is 0 Å². The molecule has 2 heterocycles. The van der Waals surface area contributed by atoms with E-state index < -0.39 is 0 Å². The Balaban J connectivity index is 1.60.